The van der Waals surface area contributed by atoms with Crippen molar-refractivity contribution in [3.8, 4) is 11.4 Å². The Hall–Kier alpha value is -2.55. The van der Waals surface area contributed by atoms with Gasteiger partial charge in [-0.1, -0.05) is 0 Å². The maximum absolute atomic E-state index is 11.5. The molecule has 0 saturated carbocycles. The van der Waals surface area contributed by atoms with Crippen LogP contribution in [0.15, 0.2) is 30.3 Å². The summed E-state index contributed by atoms with van der Waals surface area (Å²) in [6.45, 7) is 3.62. The lowest BCUT2D eigenvalue weighted by molar-refractivity contribution is -0.384. The number of nitro groups is 1. The van der Waals surface area contributed by atoms with E-state index in [1.807, 2.05) is 13.8 Å². The van der Waals surface area contributed by atoms with E-state index in [0.717, 1.165) is 5.69 Å². The predicted molar refractivity (Wildman–Crippen MR) is 96.4 cm³/mol. The Kier molecular flexibility index (Phi) is 5.36. The van der Waals surface area contributed by atoms with Gasteiger partial charge in [0.1, 0.15) is 15.7 Å². The summed E-state index contributed by atoms with van der Waals surface area (Å²) in [5, 5.41) is 10.8. The van der Waals surface area contributed by atoms with Gasteiger partial charge in [0.05, 0.1) is 10.7 Å². The summed E-state index contributed by atoms with van der Waals surface area (Å²) in [5.41, 5.74) is 1.37. The molecule has 1 unspecified atom stereocenters. The Morgan fingerprint density at radius 2 is 1.84 bits per heavy atom. The van der Waals surface area contributed by atoms with Gasteiger partial charge in [-0.25, -0.2) is 18.4 Å². The predicted octanol–water partition coefficient (Wildman–Crippen LogP) is 2.23. The minimum absolute atomic E-state index is 0.00415. The van der Waals surface area contributed by atoms with E-state index in [9.17, 15) is 18.5 Å². The lowest BCUT2D eigenvalue weighted by Gasteiger charge is -2.25. The van der Waals surface area contributed by atoms with E-state index in [-0.39, 0.29) is 17.5 Å². The highest BCUT2D eigenvalue weighted by Gasteiger charge is 2.18. The molecule has 1 atom stereocenters. The average Bonchev–Trinajstić information content (AvgIpc) is 2.52. The second kappa shape index (κ2) is 7.14. The fourth-order valence-electron chi connectivity index (χ4n) is 2.37. The highest BCUT2D eigenvalue weighted by atomic mass is 32.2. The molecule has 0 aliphatic rings. The van der Waals surface area contributed by atoms with Gasteiger partial charge in [-0.3, -0.25) is 10.1 Å². The molecule has 2 aromatic rings. The second-order valence-corrected chi connectivity index (χ2v) is 8.23. The van der Waals surface area contributed by atoms with Crippen LogP contribution < -0.4 is 4.90 Å². The number of sulfone groups is 1. The largest absolute Gasteiger partial charge is 0.356 e. The summed E-state index contributed by atoms with van der Waals surface area (Å²) in [4.78, 5) is 20.9. The summed E-state index contributed by atoms with van der Waals surface area (Å²) in [6, 6.07) is 7.50. The van der Waals surface area contributed by atoms with E-state index < -0.39 is 14.8 Å². The van der Waals surface area contributed by atoms with Gasteiger partial charge in [-0.05, 0) is 26.0 Å². The summed E-state index contributed by atoms with van der Waals surface area (Å²) in [5.74, 6) is 1.04. The highest BCUT2D eigenvalue weighted by molar-refractivity contribution is 7.90. The Balaban J connectivity index is 2.35. The van der Waals surface area contributed by atoms with Gasteiger partial charge >= 0.3 is 0 Å². The van der Waals surface area contributed by atoms with Gasteiger partial charge < -0.3 is 4.90 Å². The van der Waals surface area contributed by atoms with Crippen molar-refractivity contribution in [2.24, 2.45) is 0 Å². The molecule has 9 heteroatoms. The van der Waals surface area contributed by atoms with Crippen LogP contribution in [0.4, 0.5) is 11.5 Å². The minimum atomic E-state index is -3.11. The maximum atomic E-state index is 11.5. The zero-order chi connectivity index (χ0) is 18.8. The Labute approximate surface area is 146 Å². The molecule has 8 nitrogen and oxygen atoms in total. The molecule has 0 radical (unpaired) electrons. The SMILES string of the molecule is Cc1cc(N(C)C(C)CS(C)(=O)=O)nc(-c2ccc([N+](=O)[O-])cc2)n1. The van der Waals surface area contributed by atoms with Gasteiger partial charge in [0, 0.05) is 48.8 Å². The number of hydrogen-bond acceptors (Lipinski definition) is 7. The summed E-state index contributed by atoms with van der Waals surface area (Å²) in [6.07, 6.45) is 1.20. The number of nitro benzene ring substituents is 1. The molecule has 1 aromatic carbocycles. The molecule has 25 heavy (non-hydrogen) atoms. The topological polar surface area (TPSA) is 106 Å². The van der Waals surface area contributed by atoms with E-state index in [2.05, 4.69) is 9.97 Å². The van der Waals surface area contributed by atoms with Crippen LogP contribution in [-0.2, 0) is 9.84 Å². The molecule has 1 heterocycles. The molecule has 1 aromatic heterocycles. The normalized spacial score (nSPS) is 12.6. The Bertz CT molecular complexity index is 882. The van der Waals surface area contributed by atoms with Crippen LogP contribution in [0.3, 0.4) is 0 Å². The molecule has 0 bridgehead atoms. The van der Waals surface area contributed by atoms with Gasteiger partial charge in [0.15, 0.2) is 5.82 Å². The number of anilines is 1. The van der Waals surface area contributed by atoms with Crippen LogP contribution >= 0.6 is 0 Å². The van der Waals surface area contributed by atoms with Crippen molar-refractivity contribution in [2.75, 3.05) is 24.0 Å². The average molecular weight is 364 g/mol. The maximum Gasteiger partial charge on any atom is 0.269 e. The smallest absolute Gasteiger partial charge is 0.269 e. The number of aryl methyl sites for hydroxylation is 1. The Morgan fingerprint density at radius 1 is 1.24 bits per heavy atom. The second-order valence-electron chi connectivity index (χ2n) is 6.05. The van der Waals surface area contributed by atoms with Crippen molar-refractivity contribution in [3.63, 3.8) is 0 Å². The van der Waals surface area contributed by atoms with E-state index in [1.54, 1.807) is 30.1 Å². The van der Waals surface area contributed by atoms with Crippen LogP contribution in [0.25, 0.3) is 11.4 Å². The third-order valence-corrected chi connectivity index (χ3v) is 4.83. The zero-order valence-electron chi connectivity index (χ0n) is 14.5. The van der Waals surface area contributed by atoms with Crippen LogP contribution in [-0.4, -0.2) is 48.4 Å². The number of aromatic nitrogens is 2. The highest BCUT2D eigenvalue weighted by Crippen LogP contribution is 2.23. The minimum Gasteiger partial charge on any atom is -0.356 e. The van der Waals surface area contributed by atoms with E-state index in [1.165, 1.54) is 18.4 Å². The summed E-state index contributed by atoms with van der Waals surface area (Å²) >= 11 is 0. The fraction of sp³-hybridized carbons (Fsp3) is 0.375. The van der Waals surface area contributed by atoms with Crippen molar-refractivity contribution in [1.82, 2.24) is 9.97 Å². The lowest BCUT2D eigenvalue weighted by atomic mass is 10.2. The van der Waals surface area contributed by atoms with Crippen LogP contribution in [0, 0.1) is 17.0 Å². The van der Waals surface area contributed by atoms with Gasteiger partial charge in [-0.15, -0.1) is 0 Å². The van der Waals surface area contributed by atoms with Crippen LogP contribution in [0.1, 0.15) is 12.6 Å². The zero-order valence-corrected chi connectivity index (χ0v) is 15.3. The van der Waals surface area contributed by atoms with Crippen molar-refractivity contribution in [1.29, 1.82) is 0 Å². The van der Waals surface area contributed by atoms with E-state index in [4.69, 9.17) is 0 Å². The van der Waals surface area contributed by atoms with Gasteiger partial charge in [-0.2, -0.15) is 0 Å². The number of hydrogen-bond donors (Lipinski definition) is 0. The quantitative estimate of drug-likeness (QED) is 0.571. The molecule has 0 aliphatic heterocycles. The van der Waals surface area contributed by atoms with E-state index in [0.29, 0.717) is 17.2 Å². The first-order valence-corrected chi connectivity index (χ1v) is 9.64. The number of non-ortho nitro benzene ring substituents is 1. The van der Waals surface area contributed by atoms with Crippen LogP contribution in [0.5, 0.6) is 0 Å². The molecular formula is C16H20N4O4S. The standard InChI is InChI=1S/C16H20N4O4S/c1-11-9-15(19(3)12(2)10-25(4,23)24)18-16(17-11)13-5-7-14(8-6-13)20(21)22/h5-9,12H,10H2,1-4H3. The first-order chi connectivity index (χ1) is 11.6. The molecule has 2 rings (SSSR count). The van der Waals surface area contributed by atoms with Crippen LogP contribution in [0.2, 0.25) is 0 Å². The molecule has 0 amide bonds. The number of nitrogens with zero attached hydrogens (tertiary/aromatic N) is 4. The third-order valence-electron chi connectivity index (χ3n) is 3.74. The van der Waals surface area contributed by atoms with Gasteiger partial charge in [0.2, 0.25) is 0 Å². The molecule has 0 spiro atoms. The number of rotatable bonds is 6. The first kappa shape index (κ1) is 18.8. The monoisotopic (exact) mass is 364 g/mol. The van der Waals surface area contributed by atoms with Crippen molar-refractivity contribution < 1.29 is 13.3 Å². The van der Waals surface area contributed by atoms with Gasteiger partial charge in [0.25, 0.3) is 5.69 Å². The fourth-order valence-corrected chi connectivity index (χ4v) is 3.47. The Morgan fingerprint density at radius 3 is 2.36 bits per heavy atom. The van der Waals surface area contributed by atoms with E-state index >= 15 is 0 Å². The molecule has 134 valence electrons. The summed E-state index contributed by atoms with van der Waals surface area (Å²) in [7, 11) is -1.34. The molecule has 0 saturated heterocycles. The van der Waals surface area contributed by atoms with Crippen molar-refractivity contribution >= 4 is 21.3 Å². The lowest BCUT2D eigenvalue weighted by Crippen LogP contribution is -2.35. The van der Waals surface area contributed by atoms with Crippen molar-refractivity contribution in [2.45, 2.75) is 19.9 Å². The third kappa shape index (κ3) is 4.96. The molecular weight excluding hydrogens is 344 g/mol. The van der Waals surface area contributed by atoms with Crippen molar-refractivity contribution in [3.05, 3.63) is 46.1 Å². The molecule has 0 aliphatic carbocycles. The molecule has 0 fully saturated rings. The number of benzene rings is 1. The summed E-state index contributed by atoms with van der Waals surface area (Å²) < 4.78 is 23.0. The molecule has 0 N–H and O–H groups in total. The first-order valence-electron chi connectivity index (χ1n) is 7.58.